The van der Waals surface area contributed by atoms with Gasteiger partial charge < -0.3 is 10.2 Å². The summed E-state index contributed by atoms with van der Waals surface area (Å²) in [6.45, 7) is 7.28. The quantitative estimate of drug-likeness (QED) is 0.439. The highest BCUT2D eigenvalue weighted by Crippen LogP contribution is 2.24. The van der Waals surface area contributed by atoms with Crippen LogP contribution in [0.3, 0.4) is 0 Å². The number of nitrogens with zero attached hydrogens (tertiary/aromatic N) is 2. The molecule has 0 bridgehead atoms. The monoisotopic (exact) mass is 498 g/mol. The molecule has 0 unspecified atom stereocenters. The van der Waals surface area contributed by atoms with Crippen molar-refractivity contribution in [2.45, 2.75) is 18.2 Å². The highest BCUT2D eigenvalue weighted by molar-refractivity contribution is 7.93. The second kappa shape index (κ2) is 11.0. The lowest BCUT2D eigenvalue weighted by molar-refractivity contribution is 0.0952. The molecule has 3 aromatic rings. The highest BCUT2D eigenvalue weighted by Gasteiger charge is 2.24. The summed E-state index contributed by atoms with van der Waals surface area (Å²) in [5.74, 6) is -0.354. The zero-order chi connectivity index (χ0) is 24.0. The fourth-order valence-electron chi connectivity index (χ4n) is 3.96. The van der Waals surface area contributed by atoms with E-state index in [2.05, 4.69) is 44.1 Å². The van der Waals surface area contributed by atoms with Gasteiger partial charge in [0.2, 0.25) is 0 Å². The molecule has 1 fully saturated rings. The molecule has 9 heteroatoms. The van der Waals surface area contributed by atoms with Crippen molar-refractivity contribution in [2.24, 2.45) is 0 Å². The lowest BCUT2D eigenvalue weighted by atomic mass is 10.2. The lowest BCUT2D eigenvalue weighted by Crippen LogP contribution is -2.47. The molecule has 2 aromatic carbocycles. The summed E-state index contributed by atoms with van der Waals surface area (Å²) in [6, 6.07) is 19.0. The summed E-state index contributed by atoms with van der Waals surface area (Å²) in [4.78, 5) is 17.7. The van der Waals surface area contributed by atoms with Crippen LogP contribution in [0.1, 0.15) is 21.7 Å². The van der Waals surface area contributed by atoms with Crippen molar-refractivity contribution in [3.8, 4) is 0 Å². The van der Waals surface area contributed by atoms with Gasteiger partial charge in [0, 0.05) is 44.1 Å². The number of amides is 1. The normalized spacial score (nSPS) is 14.7. The maximum absolute atomic E-state index is 12.8. The number of benzene rings is 2. The first-order valence-corrected chi connectivity index (χ1v) is 13.8. The predicted octanol–water partition coefficient (Wildman–Crippen LogP) is 3.80. The Morgan fingerprint density at radius 1 is 0.971 bits per heavy atom. The molecule has 2 heterocycles. The smallest absolute Gasteiger partial charge is 0.263 e. The number of nitrogens with one attached hydrogen (secondary N) is 2. The Labute approximate surface area is 205 Å². The van der Waals surface area contributed by atoms with E-state index in [-0.39, 0.29) is 15.7 Å². The summed E-state index contributed by atoms with van der Waals surface area (Å²) in [5.41, 5.74) is 2.76. The van der Waals surface area contributed by atoms with Gasteiger partial charge in [-0.15, -0.1) is 11.3 Å². The van der Waals surface area contributed by atoms with Crippen molar-refractivity contribution in [3.05, 3.63) is 76.5 Å². The van der Waals surface area contributed by atoms with Crippen molar-refractivity contribution in [2.75, 3.05) is 48.9 Å². The third-order valence-corrected chi connectivity index (χ3v) is 8.32. The van der Waals surface area contributed by atoms with Crippen LogP contribution in [0.25, 0.3) is 0 Å². The van der Waals surface area contributed by atoms with E-state index in [1.54, 1.807) is 17.5 Å². The third-order valence-electron chi connectivity index (χ3n) is 5.86. The van der Waals surface area contributed by atoms with Gasteiger partial charge in [-0.3, -0.25) is 14.4 Å². The molecular formula is C25H30N4O3S2. The standard InChI is InChI=1S/C25H30N4O3S2/c1-20-8-10-21(11-9-20)27-34(31,32)23-12-19-33-24(23)25(30)26-13-5-14-28-15-17-29(18-16-28)22-6-3-2-4-7-22/h2-4,6-12,19,27H,5,13-18H2,1H3,(H,26,30). The van der Waals surface area contributed by atoms with Gasteiger partial charge in [0.1, 0.15) is 9.77 Å². The van der Waals surface area contributed by atoms with Crippen LogP contribution in [0.4, 0.5) is 11.4 Å². The Hall–Kier alpha value is -2.88. The second-order valence-electron chi connectivity index (χ2n) is 8.36. The molecule has 4 rings (SSSR count). The van der Waals surface area contributed by atoms with Gasteiger partial charge in [-0.2, -0.15) is 0 Å². The zero-order valence-electron chi connectivity index (χ0n) is 19.2. The van der Waals surface area contributed by atoms with Gasteiger partial charge in [0.25, 0.3) is 15.9 Å². The number of hydrogen-bond acceptors (Lipinski definition) is 6. The molecule has 34 heavy (non-hydrogen) atoms. The Balaban J connectivity index is 1.24. The number of piperazine rings is 1. The SMILES string of the molecule is Cc1ccc(NS(=O)(=O)c2ccsc2C(=O)NCCCN2CCN(c3ccccc3)CC2)cc1. The molecule has 0 aliphatic carbocycles. The Kier molecular flexibility index (Phi) is 7.87. The van der Waals surface area contributed by atoms with Crippen LogP contribution < -0.4 is 14.9 Å². The number of rotatable bonds is 9. The van der Waals surface area contributed by atoms with Crippen LogP contribution in [0.15, 0.2) is 70.9 Å². The van der Waals surface area contributed by atoms with E-state index in [1.165, 1.54) is 11.8 Å². The molecule has 1 saturated heterocycles. The first kappa shape index (κ1) is 24.3. The Morgan fingerprint density at radius 3 is 2.38 bits per heavy atom. The Bertz CT molecular complexity index is 1190. The third kappa shape index (κ3) is 6.16. The molecular weight excluding hydrogens is 468 g/mol. The van der Waals surface area contributed by atoms with Gasteiger partial charge >= 0.3 is 0 Å². The summed E-state index contributed by atoms with van der Waals surface area (Å²) in [6.07, 6.45) is 0.812. The minimum Gasteiger partial charge on any atom is -0.369 e. The maximum atomic E-state index is 12.8. The summed E-state index contributed by atoms with van der Waals surface area (Å²) < 4.78 is 28.2. The number of aryl methyl sites for hydroxylation is 1. The number of anilines is 2. The molecule has 0 radical (unpaired) electrons. The Morgan fingerprint density at radius 2 is 1.68 bits per heavy atom. The first-order chi connectivity index (χ1) is 16.4. The molecule has 1 aromatic heterocycles. The first-order valence-electron chi connectivity index (χ1n) is 11.4. The fourth-order valence-corrected chi connectivity index (χ4v) is 6.36. The van der Waals surface area contributed by atoms with Gasteiger partial charge in [0.15, 0.2) is 0 Å². The zero-order valence-corrected chi connectivity index (χ0v) is 20.9. The average molecular weight is 499 g/mol. The van der Waals surface area contributed by atoms with Gasteiger partial charge in [0.05, 0.1) is 0 Å². The van der Waals surface area contributed by atoms with Crippen LogP contribution in [0, 0.1) is 6.92 Å². The lowest BCUT2D eigenvalue weighted by Gasteiger charge is -2.36. The van der Waals surface area contributed by atoms with E-state index >= 15 is 0 Å². The minimum atomic E-state index is -3.85. The van der Waals surface area contributed by atoms with Crippen molar-refractivity contribution in [3.63, 3.8) is 0 Å². The summed E-state index contributed by atoms with van der Waals surface area (Å²) >= 11 is 1.13. The van der Waals surface area contributed by atoms with Crippen LogP contribution in [-0.4, -0.2) is 58.5 Å². The molecule has 1 aliphatic heterocycles. The fraction of sp³-hybridized carbons (Fsp3) is 0.320. The van der Waals surface area contributed by atoms with E-state index < -0.39 is 10.0 Å². The molecule has 0 spiro atoms. The van der Waals surface area contributed by atoms with Crippen molar-refractivity contribution >= 4 is 38.6 Å². The molecule has 180 valence electrons. The molecule has 0 atom stereocenters. The largest absolute Gasteiger partial charge is 0.369 e. The number of carbonyl (C=O) groups is 1. The topological polar surface area (TPSA) is 81.7 Å². The molecule has 2 N–H and O–H groups in total. The van der Waals surface area contributed by atoms with Crippen molar-refractivity contribution in [1.82, 2.24) is 10.2 Å². The minimum absolute atomic E-state index is 0.00705. The van der Waals surface area contributed by atoms with Crippen LogP contribution in [-0.2, 0) is 10.0 Å². The summed E-state index contributed by atoms with van der Waals surface area (Å²) in [7, 11) is -3.85. The van der Waals surface area contributed by atoms with E-state index in [9.17, 15) is 13.2 Å². The number of carbonyl (C=O) groups excluding carboxylic acids is 1. The van der Waals surface area contributed by atoms with E-state index in [1.807, 2.05) is 25.1 Å². The van der Waals surface area contributed by atoms with Crippen molar-refractivity contribution in [1.29, 1.82) is 0 Å². The maximum Gasteiger partial charge on any atom is 0.263 e. The predicted molar refractivity (Wildman–Crippen MR) is 138 cm³/mol. The van der Waals surface area contributed by atoms with Gasteiger partial charge in [-0.1, -0.05) is 35.9 Å². The van der Waals surface area contributed by atoms with Gasteiger partial charge in [-0.25, -0.2) is 8.42 Å². The average Bonchev–Trinajstić information content (AvgIpc) is 3.35. The molecule has 0 saturated carbocycles. The molecule has 1 aliphatic rings. The van der Waals surface area contributed by atoms with Crippen molar-refractivity contribution < 1.29 is 13.2 Å². The van der Waals surface area contributed by atoms with E-state index in [4.69, 9.17) is 0 Å². The van der Waals surface area contributed by atoms with Crippen LogP contribution in [0.2, 0.25) is 0 Å². The number of sulfonamides is 1. The number of thiophene rings is 1. The number of para-hydroxylation sites is 1. The van der Waals surface area contributed by atoms with Crippen LogP contribution in [0.5, 0.6) is 0 Å². The number of hydrogen-bond donors (Lipinski definition) is 2. The highest BCUT2D eigenvalue weighted by atomic mass is 32.2. The molecule has 1 amide bonds. The van der Waals surface area contributed by atoms with Gasteiger partial charge in [-0.05, 0) is 55.6 Å². The molecule has 7 nitrogen and oxygen atoms in total. The summed E-state index contributed by atoms with van der Waals surface area (Å²) in [5, 5.41) is 4.52. The van der Waals surface area contributed by atoms with E-state index in [0.717, 1.165) is 56.0 Å². The van der Waals surface area contributed by atoms with E-state index in [0.29, 0.717) is 12.2 Å². The second-order valence-corrected chi connectivity index (χ2v) is 10.9. The van der Waals surface area contributed by atoms with Crippen LogP contribution >= 0.6 is 11.3 Å².